The van der Waals surface area contributed by atoms with E-state index in [1.165, 1.54) is 11.3 Å². The van der Waals surface area contributed by atoms with E-state index >= 15 is 0 Å². The van der Waals surface area contributed by atoms with Gasteiger partial charge in [0.1, 0.15) is 11.5 Å². The molecule has 4 rings (SSSR count). The van der Waals surface area contributed by atoms with Gasteiger partial charge in [-0.2, -0.15) is 0 Å². The monoisotopic (exact) mass is 530 g/mol. The molecule has 0 saturated carbocycles. The van der Waals surface area contributed by atoms with Gasteiger partial charge in [0, 0.05) is 6.08 Å². The minimum absolute atomic E-state index is 0.257. The number of hydrogen-bond donors (Lipinski definition) is 0. The lowest BCUT2D eigenvalue weighted by Crippen LogP contribution is -2.40. The molecule has 172 valence electrons. The molecule has 0 radical (unpaired) electrons. The molecule has 1 aliphatic rings. The Morgan fingerprint density at radius 2 is 2.00 bits per heavy atom. The summed E-state index contributed by atoms with van der Waals surface area (Å²) in [4.78, 5) is 31.7. The number of carbonyl (C=O) groups excluding carboxylic acids is 1. The molecule has 0 aliphatic carbocycles. The van der Waals surface area contributed by atoms with Gasteiger partial charge in [-0.15, -0.1) is 0 Å². The van der Waals surface area contributed by atoms with Crippen molar-refractivity contribution in [1.29, 1.82) is 0 Å². The second-order valence-corrected chi connectivity index (χ2v) is 9.47. The maximum absolute atomic E-state index is 13.5. The summed E-state index contributed by atoms with van der Waals surface area (Å²) in [6.07, 6.45) is 1.37. The van der Waals surface area contributed by atoms with Gasteiger partial charge in [0.25, 0.3) is 5.56 Å². The van der Waals surface area contributed by atoms with Crippen LogP contribution >= 0.6 is 27.3 Å². The Bertz CT molecular complexity index is 1400. The molecule has 0 amide bonds. The van der Waals surface area contributed by atoms with Crippen molar-refractivity contribution < 1.29 is 18.7 Å². The van der Waals surface area contributed by atoms with Crippen molar-refractivity contribution in [3.63, 3.8) is 0 Å². The number of aromatic nitrogens is 1. The number of furan rings is 1. The van der Waals surface area contributed by atoms with Crippen LogP contribution < -0.4 is 19.6 Å². The van der Waals surface area contributed by atoms with E-state index in [-0.39, 0.29) is 11.7 Å². The maximum atomic E-state index is 13.5. The SMILES string of the molecule is CCOc1ccc([C@H]2C(C(=O)OC(C)C)=C(C)N=c3s/c(=C/c4ccc(Br)o4)c(=O)n32)cc1. The van der Waals surface area contributed by atoms with Crippen LogP contribution in [0.25, 0.3) is 6.08 Å². The molecule has 0 bridgehead atoms. The molecule has 0 unspecified atom stereocenters. The zero-order chi connectivity index (χ0) is 23.7. The first-order valence-electron chi connectivity index (χ1n) is 10.5. The number of esters is 1. The zero-order valence-corrected chi connectivity index (χ0v) is 21.0. The summed E-state index contributed by atoms with van der Waals surface area (Å²) < 4.78 is 19.2. The van der Waals surface area contributed by atoms with Crippen molar-refractivity contribution in [3.05, 3.63) is 83.3 Å². The fourth-order valence-corrected chi connectivity index (χ4v) is 4.97. The Morgan fingerprint density at radius 1 is 1.27 bits per heavy atom. The normalized spacial score (nSPS) is 16.1. The molecule has 1 aliphatic heterocycles. The first-order chi connectivity index (χ1) is 15.8. The number of benzene rings is 1. The van der Waals surface area contributed by atoms with E-state index in [0.29, 0.717) is 43.4 Å². The van der Waals surface area contributed by atoms with Crippen LogP contribution in [-0.2, 0) is 9.53 Å². The largest absolute Gasteiger partial charge is 0.494 e. The van der Waals surface area contributed by atoms with E-state index < -0.39 is 12.0 Å². The molecule has 0 saturated heterocycles. The van der Waals surface area contributed by atoms with Gasteiger partial charge in [-0.25, -0.2) is 9.79 Å². The molecular weight excluding hydrogens is 508 g/mol. The van der Waals surface area contributed by atoms with Crippen molar-refractivity contribution in [2.75, 3.05) is 6.61 Å². The summed E-state index contributed by atoms with van der Waals surface area (Å²) in [5.74, 6) is 0.762. The molecule has 0 spiro atoms. The lowest BCUT2D eigenvalue weighted by atomic mass is 9.96. The number of ether oxygens (including phenoxy) is 2. The number of thiazole rings is 1. The summed E-state index contributed by atoms with van der Waals surface area (Å²) in [6.45, 7) is 7.80. The number of hydrogen-bond acceptors (Lipinski definition) is 7. The van der Waals surface area contributed by atoms with Gasteiger partial charge in [-0.1, -0.05) is 23.5 Å². The molecule has 0 fully saturated rings. The summed E-state index contributed by atoms with van der Waals surface area (Å²) in [7, 11) is 0. The standard InChI is InChI=1S/C24H23BrN2O5S/c1-5-30-16-8-6-15(7-9-16)21-20(23(29)31-13(2)3)14(4)26-24-27(21)22(28)18(33-24)12-17-10-11-19(25)32-17/h6-13,21H,5H2,1-4H3/b18-12+/t21-/m0/s1. The Morgan fingerprint density at radius 3 is 2.61 bits per heavy atom. The van der Waals surface area contributed by atoms with E-state index in [1.807, 2.05) is 31.2 Å². The predicted octanol–water partition coefficient (Wildman–Crippen LogP) is 3.94. The average Bonchev–Trinajstić information content (AvgIpc) is 3.30. The van der Waals surface area contributed by atoms with Crippen LogP contribution in [0.3, 0.4) is 0 Å². The smallest absolute Gasteiger partial charge is 0.338 e. The molecule has 1 aromatic carbocycles. The maximum Gasteiger partial charge on any atom is 0.338 e. The highest BCUT2D eigenvalue weighted by Gasteiger charge is 2.33. The van der Waals surface area contributed by atoms with Gasteiger partial charge in [-0.3, -0.25) is 9.36 Å². The quantitative estimate of drug-likeness (QED) is 0.450. The number of carbonyl (C=O) groups is 1. The highest BCUT2D eigenvalue weighted by atomic mass is 79.9. The summed E-state index contributed by atoms with van der Waals surface area (Å²) in [5.41, 5.74) is 1.37. The molecule has 3 aromatic rings. The van der Waals surface area contributed by atoms with E-state index in [0.717, 1.165) is 5.56 Å². The van der Waals surface area contributed by atoms with Crippen molar-refractivity contribution in [1.82, 2.24) is 4.57 Å². The van der Waals surface area contributed by atoms with E-state index in [2.05, 4.69) is 20.9 Å². The van der Waals surface area contributed by atoms with Gasteiger partial charge < -0.3 is 13.9 Å². The fourth-order valence-electron chi connectivity index (χ4n) is 3.62. The fraction of sp³-hybridized carbons (Fsp3) is 0.292. The number of nitrogens with zero attached hydrogens (tertiary/aromatic N) is 2. The minimum atomic E-state index is -0.673. The highest BCUT2D eigenvalue weighted by molar-refractivity contribution is 9.10. The Labute approximate surface area is 202 Å². The van der Waals surface area contributed by atoms with Crippen LogP contribution in [-0.4, -0.2) is 23.2 Å². The van der Waals surface area contributed by atoms with Crippen LogP contribution in [0.4, 0.5) is 0 Å². The molecule has 33 heavy (non-hydrogen) atoms. The number of fused-ring (bicyclic) bond motifs is 1. The third kappa shape index (κ3) is 4.74. The molecule has 3 heterocycles. The topological polar surface area (TPSA) is 83.0 Å². The lowest BCUT2D eigenvalue weighted by molar-refractivity contribution is -0.143. The Hall–Kier alpha value is -2.91. The molecule has 1 atom stereocenters. The first kappa shape index (κ1) is 23.3. The third-order valence-corrected chi connectivity index (χ3v) is 6.37. The van der Waals surface area contributed by atoms with Gasteiger partial charge in [0.2, 0.25) is 0 Å². The Kier molecular flexibility index (Phi) is 6.71. The van der Waals surface area contributed by atoms with Crippen molar-refractivity contribution >= 4 is 39.3 Å². The third-order valence-electron chi connectivity index (χ3n) is 4.96. The molecule has 2 aromatic heterocycles. The van der Waals surface area contributed by atoms with E-state index in [9.17, 15) is 9.59 Å². The summed E-state index contributed by atoms with van der Waals surface area (Å²) in [5, 5.41) is 0. The van der Waals surface area contributed by atoms with Crippen LogP contribution in [0.15, 0.2) is 66.5 Å². The van der Waals surface area contributed by atoms with Crippen LogP contribution in [0.5, 0.6) is 5.75 Å². The summed E-state index contributed by atoms with van der Waals surface area (Å²) in [6, 6.07) is 10.2. The van der Waals surface area contributed by atoms with Gasteiger partial charge in [-0.05, 0) is 73.5 Å². The van der Waals surface area contributed by atoms with Crippen LogP contribution in [0.2, 0.25) is 0 Å². The van der Waals surface area contributed by atoms with Crippen molar-refractivity contribution in [2.45, 2.75) is 39.8 Å². The van der Waals surface area contributed by atoms with Gasteiger partial charge in [0.15, 0.2) is 9.47 Å². The second kappa shape index (κ2) is 9.52. The minimum Gasteiger partial charge on any atom is -0.494 e. The van der Waals surface area contributed by atoms with Crippen LogP contribution in [0, 0.1) is 0 Å². The van der Waals surface area contributed by atoms with Gasteiger partial charge in [0.05, 0.1) is 34.6 Å². The second-order valence-electron chi connectivity index (χ2n) is 7.68. The summed E-state index contributed by atoms with van der Waals surface area (Å²) >= 11 is 4.52. The highest BCUT2D eigenvalue weighted by Crippen LogP contribution is 2.32. The lowest BCUT2D eigenvalue weighted by Gasteiger charge is -2.25. The molecule has 7 nitrogen and oxygen atoms in total. The predicted molar refractivity (Wildman–Crippen MR) is 129 cm³/mol. The van der Waals surface area contributed by atoms with Gasteiger partial charge >= 0.3 is 5.97 Å². The average molecular weight is 531 g/mol. The van der Waals surface area contributed by atoms with E-state index in [1.54, 1.807) is 43.5 Å². The Balaban J connectivity index is 1.91. The molecule has 9 heteroatoms. The van der Waals surface area contributed by atoms with Crippen molar-refractivity contribution in [2.24, 2.45) is 4.99 Å². The van der Waals surface area contributed by atoms with Crippen LogP contribution in [0.1, 0.15) is 45.1 Å². The zero-order valence-electron chi connectivity index (χ0n) is 18.6. The van der Waals surface area contributed by atoms with Crippen molar-refractivity contribution in [3.8, 4) is 5.75 Å². The molecule has 0 N–H and O–H groups in total. The van der Waals surface area contributed by atoms with E-state index in [4.69, 9.17) is 13.9 Å². The molecular formula is C24H23BrN2O5S. The number of rotatable bonds is 6. The number of allylic oxidation sites excluding steroid dienone is 1. The first-order valence-corrected chi connectivity index (χ1v) is 12.1. The number of halogens is 1.